The number of piperidine rings is 1. The van der Waals surface area contributed by atoms with Gasteiger partial charge in [0.05, 0.1) is 5.41 Å². The third-order valence-corrected chi connectivity index (χ3v) is 6.37. The highest BCUT2D eigenvalue weighted by atomic mass is 35.5. The quantitative estimate of drug-likeness (QED) is 0.795. The predicted molar refractivity (Wildman–Crippen MR) is 114 cm³/mol. The number of rotatable bonds is 4. The van der Waals surface area contributed by atoms with Crippen molar-refractivity contribution in [1.82, 2.24) is 15.3 Å². The smallest absolute Gasteiger partial charge is 0.231 e. The summed E-state index contributed by atoms with van der Waals surface area (Å²) in [6, 6.07) is 7.21. The number of carbonyl (C=O) groups is 1. The molecule has 0 bridgehead atoms. The second kappa shape index (κ2) is 8.86. The fourth-order valence-corrected chi connectivity index (χ4v) is 4.86. The predicted octanol–water partition coefficient (Wildman–Crippen LogP) is 3.62. The van der Waals surface area contributed by atoms with Crippen molar-refractivity contribution in [3.8, 4) is 0 Å². The summed E-state index contributed by atoms with van der Waals surface area (Å²) in [5.74, 6) is 0.707. The van der Waals surface area contributed by atoms with Crippen LogP contribution in [0.4, 0.5) is 5.95 Å². The lowest BCUT2D eigenvalue weighted by Gasteiger charge is -2.40. The number of amides is 1. The van der Waals surface area contributed by atoms with E-state index in [2.05, 4.69) is 20.2 Å². The van der Waals surface area contributed by atoms with Gasteiger partial charge in [-0.25, -0.2) is 9.97 Å². The minimum Gasteiger partial charge on any atom is -0.381 e. The Kier molecular flexibility index (Phi) is 6.23. The van der Waals surface area contributed by atoms with Gasteiger partial charge < -0.3 is 15.0 Å². The van der Waals surface area contributed by atoms with Crippen LogP contribution < -0.4 is 10.2 Å². The summed E-state index contributed by atoms with van der Waals surface area (Å²) >= 11 is 12.6. The average molecular weight is 435 g/mol. The van der Waals surface area contributed by atoms with E-state index < -0.39 is 5.41 Å². The Hall–Kier alpha value is -1.89. The molecule has 2 aromatic rings. The van der Waals surface area contributed by atoms with E-state index in [1.54, 1.807) is 30.6 Å². The molecule has 1 amide bonds. The van der Waals surface area contributed by atoms with E-state index in [4.69, 9.17) is 27.9 Å². The molecule has 29 heavy (non-hydrogen) atoms. The second-order valence-corrected chi connectivity index (χ2v) is 8.47. The van der Waals surface area contributed by atoms with Crippen molar-refractivity contribution < 1.29 is 9.53 Å². The molecule has 8 heteroatoms. The first-order valence-corrected chi connectivity index (χ1v) is 10.7. The van der Waals surface area contributed by atoms with Gasteiger partial charge in [-0.05, 0) is 49.4 Å². The maximum Gasteiger partial charge on any atom is 0.231 e. The van der Waals surface area contributed by atoms with Crippen LogP contribution in [0.25, 0.3) is 0 Å². The molecule has 1 aromatic carbocycles. The first-order chi connectivity index (χ1) is 14.1. The van der Waals surface area contributed by atoms with Gasteiger partial charge in [0.25, 0.3) is 0 Å². The summed E-state index contributed by atoms with van der Waals surface area (Å²) < 4.78 is 5.55. The normalized spacial score (nSPS) is 21.6. The third kappa shape index (κ3) is 4.34. The first kappa shape index (κ1) is 20.4. The lowest BCUT2D eigenvalue weighted by Crippen LogP contribution is -2.55. The molecule has 2 aliphatic rings. The lowest BCUT2D eigenvalue weighted by atomic mass is 9.73. The Labute approximate surface area is 180 Å². The zero-order valence-electron chi connectivity index (χ0n) is 16.1. The van der Waals surface area contributed by atoms with Gasteiger partial charge in [0.15, 0.2) is 0 Å². The number of hydrogen-bond donors (Lipinski definition) is 1. The number of ether oxygens (including phenoxy) is 1. The number of carbonyl (C=O) groups excluding carboxylic acids is 1. The van der Waals surface area contributed by atoms with Crippen LogP contribution in [0.2, 0.25) is 10.0 Å². The molecule has 1 atom stereocenters. The molecule has 2 aliphatic heterocycles. The van der Waals surface area contributed by atoms with E-state index in [0.29, 0.717) is 48.6 Å². The van der Waals surface area contributed by atoms with E-state index in [1.165, 1.54) is 0 Å². The van der Waals surface area contributed by atoms with E-state index in [0.717, 1.165) is 24.9 Å². The third-order valence-electron chi connectivity index (χ3n) is 5.82. The molecule has 2 fully saturated rings. The van der Waals surface area contributed by atoms with Gasteiger partial charge in [0.1, 0.15) is 0 Å². The average Bonchev–Trinajstić information content (AvgIpc) is 2.75. The van der Waals surface area contributed by atoms with Crippen LogP contribution >= 0.6 is 23.2 Å². The Morgan fingerprint density at radius 1 is 1.21 bits per heavy atom. The van der Waals surface area contributed by atoms with Crippen molar-refractivity contribution in [1.29, 1.82) is 0 Å². The monoisotopic (exact) mass is 434 g/mol. The molecule has 4 rings (SSSR count). The highest BCUT2D eigenvalue weighted by Crippen LogP contribution is 2.40. The van der Waals surface area contributed by atoms with Crippen LogP contribution in [0, 0.1) is 0 Å². The highest BCUT2D eigenvalue weighted by Gasteiger charge is 2.44. The van der Waals surface area contributed by atoms with Gasteiger partial charge in [-0.2, -0.15) is 0 Å². The molecule has 0 unspecified atom stereocenters. The summed E-state index contributed by atoms with van der Waals surface area (Å²) in [6.07, 6.45) is 6.57. The fraction of sp³-hybridized carbons (Fsp3) is 0.476. The van der Waals surface area contributed by atoms with Crippen LogP contribution in [0.1, 0.15) is 31.2 Å². The van der Waals surface area contributed by atoms with E-state index in [1.807, 2.05) is 6.07 Å². The summed E-state index contributed by atoms with van der Waals surface area (Å²) in [6.45, 7) is 2.64. The van der Waals surface area contributed by atoms with Gasteiger partial charge in [0.2, 0.25) is 11.9 Å². The summed E-state index contributed by atoms with van der Waals surface area (Å²) in [5, 5.41) is 4.37. The Morgan fingerprint density at radius 3 is 2.69 bits per heavy atom. The molecular weight excluding hydrogens is 411 g/mol. The van der Waals surface area contributed by atoms with Gasteiger partial charge >= 0.3 is 0 Å². The fourth-order valence-electron chi connectivity index (χ4n) is 4.27. The van der Waals surface area contributed by atoms with Crippen molar-refractivity contribution in [2.24, 2.45) is 0 Å². The lowest BCUT2D eigenvalue weighted by molar-refractivity contribution is -0.131. The van der Waals surface area contributed by atoms with Crippen molar-refractivity contribution in [3.05, 3.63) is 52.3 Å². The zero-order valence-corrected chi connectivity index (χ0v) is 17.6. The SMILES string of the molecule is O=C(N[C@@H]1CCCN(c2ncccn2)C1)C1(c2ccc(Cl)cc2Cl)CCOCC1. The van der Waals surface area contributed by atoms with Crippen molar-refractivity contribution in [2.75, 3.05) is 31.2 Å². The number of halogens is 2. The van der Waals surface area contributed by atoms with Crippen LogP contribution in [-0.2, 0) is 14.9 Å². The molecule has 154 valence electrons. The molecule has 0 spiro atoms. The van der Waals surface area contributed by atoms with E-state index in [-0.39, 0.29) is 11.9 Å². The maximum atomic E-state index is 13.6. The summed E-state index contributed by atoms with van der Waals surface area (Å²) in [4.78, 5) is 24.4. The van der Waals surface area contributed by atoms with Crippen molar-refractivity contribution in [2.45, 2.75) is 37.1 Å². The molecule has 0 aliphatic carbocycles. The highest BCUT2D eigenvalue weighted by molar-refractivity contribution is 6.35. The minimum absolute atomic E-state index is 0.00542. The molecule has 0 radical (unpaired) electrons. The maximum absolute atomic E-state index is 13.6. The topological polar surface area (TPSA) is 67.4 Å². The van der Waals surface area contributed by atoms with Crippen LogP contribution in [0.3, 0.4) is 0 Å². The number of hydrogen-bond acceptors (Lipinski definition) is 5. The second-order valence-electron chi connectivity index (χ2n) is 7.63. The molecule has 1 aromatic heterocycles. The van der Waals surface area contributed by atoms with Crippen LogP contribution in [-0.4, -0.2) is 48.2 Å². The Bertz CT molecular complexity index is 859. The molecule has 2 saturated heterocycles. The molecule has 6 nitrogen and oxygen atoms in total. The zero-order chi connectivity index (χ0) is 20.3. The number of nitrogens with one attached hydrogen (secondary N) is 1. The van der Waals surface area contributed by atoms with Crippen LogP contribution in [0.15, 0.2) is 36.7 Å². The Morgan fingerprint density at radius 2 is 1.97 bits per heavy atom. The van der Waals surface area contributed by atoms with E-state index in [9.17, 15) is 4.79 Å². The van der Waals surface area contributed by atoms with Gasteiger partial charge in [-0.3, -0.25) is 4.79 Å². The summed E-state index contributed by atoms with van der Waals surface area (Å²) in [5.41, 5.74) is 0.120. The number of benzene rings is 1. The minimum atomic E-state index is -0.703. The standard InChI is InChI=1S/C21H24Cl2N4O2/c22-15-4-5-17(18(23)13-15)21(6-11-29-12-7-21)19(28)26-16-3-1-10-27(14-16)20-24-8-2-9-25-20/h2,4-5,8-9,13,16H,1,3,6-7,10-12,14H2,(H,26,28)/t16-/m1/s1. The largest absolute Gasteiger partial charge is 0.381 e. The molecule has 0 saturated carbocycles. The van der Waals surface area contributed by atoms with Crippen molar-refractivity contribution >= 4 is 35.1 Å². The Balaban J connectivity index is 1.54. The molecular formula is C21H24Cl2N4O2. The summed E-state index contributed by atoms with van der Waals surface area (Å²) in [7, 11) is 0. The van der Waals surface area contributed by atoms with Crippen molar-refractivity contribution in [3.63, 3.8) is 0 Å². The first-order valence-electron chi connectivity index (χ1n) is 9.95. The molecule has 3 heterocycles. The van der Waals surface area contributed by atoms with Gasteiger partial charge in [-0.15, -0.1) is 0 Å². The van der Waals surface area contributed by atoms with E-state index >= 15 is 0 Å². The van der Waals surface area contributed by atoms with Crippen LogP contribution in [0.5, 0.6) is 0 Å². The number of aromatic nitrogens is 2. The van der Waals surface area contributed by atoms with Gasteiger partial charge in [0, 0.05) is 54.8 Å². The molecule has 1 N–H and O–H groups in total. The van der Waals surface area contributed by atoms with Gasteiger partial charge in [-0.1, -0.05) is 29.3 Å². The number of anilines is 1. The number of nitrogens with zero attached hydrogens (tertiary/aromatic N) is 3.